The number of fused-ring (bicyclic) bond motifs is 1. The van der Waals surface area contributed by atoms with Crippen LogP contribution in [0.1, 0.15) is 29.6 Å². The standard InChI is InChI=1S/C21H29N5O.HI/c1-14(12-19-15(2)25-26(5)16(19)3)24-21(22-4)23-11-10-18-13-17-8-6-7-9-20(17)27-18;/h6-9,13-14H,10-12H2,1-5H3,(H2,22,23,24);1H. The number of furan rings is 1. The van der Waals surface area contributed by atoms with Crippen molar-refractivity contribution in [2.45, 2.75) is 39.7 Å². The summed E-state index contributed by atoms with van der Waals surface area (Å²) in [6, 6.07) is 10.4. The number of hydrogen-bond donors (Lipinski definition) is 2. The summed E-state index contributed by atoms with van der Waals surface area (Å²) in [6.45, 7) is 7.10. The molecule has 2 N–H and O–H groups in total. The molecule has 0 aliphatic carbocycles. The molecule has 0 amide bonds. The van der Waals surface area contributed by atoms with E-state index < -0.39 is 0 Å². The van der Waals surface area contributed by atoms with Gasteiger partial charge in [-0.25, -0.2) is 0 Å². The maximum absolute atomic E-state index is 5.86. The number of rotatable bonds is 6. The Morgan fingerprint density at radius 1 is 1.29 bits per heavy atom. The fraction of sp³-hybridized carbons (Fsp3) is 0.429. The van der Waals surface area contributed by atoms with Gasteiger partial charge in [0.2, 0.25) is 0 Å². The maximum Gasteiger partial charge on any atom is 0.191 e. The van der Waals surface area contributed by atoms with Gasteiger partial charge in [0.1, 0.15) is 11.3 Å². The maximum atomic E-state index is 5.86. The number of benzene rings is 1. The highest BCUT2D eigenvalue weighted by Crippen LogP contribution is 2.18. The Hall–Kier alpha value is -2.03. The van der Waals surface area contributed by atoms with Crippen LogP contribution in [0.25, 0.3) is 11.0 Å². The normalized spacial score (nSPS) is 12.7. The number of hydrogen-bond acceptors (Lipinski definition) is 3. The molecule has 0 radical (unpaired) electrons. The fourth-order valence-electron chi connectivity index (χ4n) is 3.36. The zero-order valence-corrected chi connectivity index (χ0v) is 19.6. The van der Waals surface area contributed by atoms with Gasteiger partial charge < -0.3 is 15.1 Å². The van der Waals surface area contributed by atoms with E-state index in [1.807, 2.05) is 29.9 Å². The van der Waals surface area contributed by atoms with Gasteiger partial charge in [-0.2, -0.15) is 5.10 Å². The van der Waals surface area contributed by atoms with Crippen molar-refractivity contribution in [2.24, 2.45) is 12.0 Å². The Labute approximate surface area is 183 Å². The van der Waals surface area contributed by atoms with E-state index in [0.29, 0.717) is 0 Å². The van der Waals surface area contributed by atoms with Gasteiger partial charge in [0, 0.05) is 44.2 Å². The summed E-state index contributed by atoms with van der Waals surface area (Å²) in [7, 11) is 3.78. The summed E-state index contributed by atoms with van der Waals surface area (Å²) in [6.07, 6.45) is 1.72. The van der Waals surface area contributed by atoms with Gasteiger partial charge in [-0.1, -0.05) is 18.2 Å². The van der Waals surface area contributed by atoms with Crippen molar-refractivity contribution in [3.05, 3.63) is 53.0 Å². The van der Waals surface area contributed by atoms with Gasteiger partial charge in [0.25, 0.3) is 0 Å². The molecule has 2 aromatic heterocycles. The van der Waals surface area contributed by atoms with Crippen LogP contribution in [0.3, 0.4) is 0 Å². The average molecular weight is 495 g/mol. The topological polar surface area (TPSA) is 67.4 Å². The lowest BCUT2D eigenvalue weighted by Gasteiger charge is -2.18. The Morgan fingerprint density at radius 2 is 2.04 bits per heavy atom. The highest BCUT2D eigenvalue weighted by molar-refractivity contribution is 14.0. The quantitative estimate of drug-likeness (QED) is 0.311. The van der Waals surface area contributed by atoms with Gasteiger partial charge in [-0.3, -0.25) is 9.67 Å². The summed E-state index contributed by atoms with van der Waals surface area (Å²) in [5.41, 5.74) is 4.55. The third kappa shape index (κ3) is 5.27. The van der Waals surface area contributed by atoms with Gasteiger partial charge in [0.15, 0.2) is 5.96 Å². The molecule has 3 rings (SSSR count). The second-order valence-electron chi connectivity index (χ2n) is 7.02. The lowest BCUT2D eigenvalue weighted by atomic mass is 10.1. The number of halogens is 1. The van der Waals surface area contributed by atoms with Crippen LogP contribution in [0.5, 0.6) is 0 Å². The van der Waals surface area contributed by atoms with Crippen molar-refractivity contribution in [3.63, 3.8) is 0 Å². The lowest BCUT2D eigenvalue weighted by Crippen LogP contribution is -2.43. The molecular weight excluding hydrogens is 465 g/mol. The average Bonchev–Trinajstić information content (AvgIpc) is 3.16. The van der Waals surface area contributed by atoms with E-state index >= 15 is 0 Å². The van der Waals surface area contributed by atoms with E-state index in [-0.39, 0.29) is 30.0 Å². The molecule has 1 unspecified atom stereocenters. The van der Waals surface area contributed by atoms with Crippen LogP contribution < -0.4 is 10.6 Å². The third-order valence-corrected chi connectivity index (χ3v) is 4.92. The summed E-state index contributed by atoms with van der Waals surface area (Å²) in [4.78, 5) is 4.34. The highest BCUT2D eigenvalue weighted by Gasteiger charge is 2.14. The molecule has 0 aliphatic heterocycles. The molecule has 3 aromatic rings. The van der Waals surface area contributed by atoms with E-state index in [4.69, 9.17) is 4.42 Å². The first-order valence-corrected chi connectivity index (χ1v) is 9.41. The van der Waals surface area contributed by atoms with Crippen LogP contribution in [-0.4, -0.2) is 35.4 Å². The summed E-state index contributed by atoms with van der Waals surface area (Å²) < 4.78 is 7.80. The number of nitrogens with one attached hydrogen (secondary N) is 2. The summed E-state index contributed by atoms with van der Waals surface area (Å²) in [5, 5.41) is 12.5. The van der Waals surface area contributed by atoms with Crippen molar-refractivity contribution >= 4 is 40.9 Å². The smallest absolute Gasteiger partial charge is 0.191 e. The molecule has 2 heterocycles. The molecular formula is C21H30IN5O. The number of aliphatic imine (C=N–C) groups is 1. The molecule has 0 spiro atoms. The van der Waals surface area contributed by atoms with Crippen molar-refractivity contribution in [2.75, 3.05) is 13.6 Å². The van der Waals surface area contributed by atoms with Gasteiger partial charge in [-0.15, -0.1) is 24.0 Å². The molecule has 152 valence electrons. The Kier molecular flexibility index (Phi) is 7.91. The Bertz CT molecular complexity index is 911. The zero-order valence-electron chi connectivity index (χ0n) is 17.2. The van der Waals surface area contributed by atoms with Crippen LogP contribution in [0, 0.1) is 13.8 Å². The van der Waals surface area contributed by atoms with Crippen molar-refractivity contribution < 1.29 is 4.42 Å². The fourth-order valence-corrected chi connectivity index (χ4v) is 3.36. The van der Waals surface area contributed by atoms with Crippen LogP contribution in [-0.2, 0) is 19.9 Å². The van der Waals surface area contributed by atoms with Crippen LogP contribution in [0.4, 0.5) is 0 Å². The van der Waals surface area contributed by atoms with Crippen molar-refractivity contribution in [1.29, 1.82) is 0 Å². The van der Waals surface area contributed by atoms with E-state index in [9.17, 15) is 0 Å². The Morgan fingerprint density at radius 3 is 2.68 bits per heavy atom. The first-order valence-electron chi connectivity index (χ1n) is 9.41. The van der Waals surface area contributed by atoms with Gasteiger partial charge in [0.05, 0.1) is 5.69 Å². The largest absolute Gasteiger partial charge is 0.461 e. The first-order chi connectivity index (χ1) is 13.0. The number of nitrogens with zero attached hydrogens (tertiary/aromatic N) is 3. The zero-order chi connectivity index (χ0) is 19.4. The first kappa shape index (κ1) is 22.3. The molecule has 1 atom stereocenters. The molecule has 0 saturated carbocycles. The summed E-state index contributed by atoms with van der Waals surface area (Å²) in [5.74, 6) is 1.78. The third-order valence-electron chi connectivity index (χ3n) is 4.92. The highest BCUT2D eigenvalue weighted by atomic mass is 127. The minimum absolute atomic E-state index is 0. The van der Waals surface area contributed by atoms with Crippen molar-refractivity contribution in [1.82, 2.24) is 20.4 Å². The minimum Gasteiger partial charge on any atom is -0.461 e. The van der Waals surface area contributed by atoms with E-state index in [1.54, 1.807) is 7.05 Å². The molecule has 28 heavy (non-hydrogen) atoms. The molecule has 0 fully saturated rings. The molecule has 0 bridgehead atoms. The van der Waals surface area contributed by atoms with Gasteiger partial charge in [-0.05, 0) is 44.9 Å². The van der Waals surface area contributed by atoms with Crippen LogP contribution in [0.2, 0.25) is 0 Å². The molecule has 0 aliphatic rings. The monoisotopic (exact) mass is 495 g/mol. The molecule has 0 saturated heterocycles. The predicted octanol–water partition coefficient (Wildman–Crippen LogP) is 3.74. The molecule has 7 heteroatoms. The van der Waals surface area contributed by atoms with Crippen molar-refractivity contribution in [3.8, 4) is 0 Å². The number of guanidine groups is 1. The minimum atomic E-state index is 0. The van der Waals surface area contributed by atoms with E-state index in [1.165, 1.54) is 11.3 Å². The molecule has 1 aromatic carbocycles. The SMILES string of the molecule is CN=C(NCCc1cc2ccccc2o1)NC(C)Cc1c(C)nn(C)c1C.I. The predicted molar refractivity (Wildman–Crippen MR) is 126 cm³/mol. The lowest BCUT2D eigenvalue weighted by molar-refractivity contribution is 0.543. The second kappa shape index (κ2) is 9.95. The van der Waals surface area contributed by atoms with E-state index in [0.717, 1.165) is 47.8 Å². The number of aromatic nitrogens is 2. The summed E-state index contributed by atoms with van der Waals surface area (Å²) >= 11 is 0. The van der Waals surface area contributed by atoms with Crippen LogP contribution in [0.15, 0.2) is 39.7 Å². The molecule has 6 nitrogen and oxygen atoms in total. The number of para-hydroxylation sites is 1. The second-order valence-corrected chi connectivity index (χ2v) is 7.02. The van der Waals surface area contributed by atoms with E-state index in [2.05, 4.69) is 53.6 Å². The van der Waals surface area contributed by atoms with Gasteiger partial charge >= 0.3 is 0 Å². The van der Waals surface area contributed by atoms with Crippen LogP contribution >= 0.6 is 24.0 Å². The Balaban J connectivity index is 0.00000280. The number of aryl methyl sites for hydroxylation is 2.